The number of likely N-dealkylation sites (tertiary alicyclic amines) is 1. The maximum Gasteiger partial charge on any atom is 0.310 e. The monoisotopic (exact) mass is 609 g/mol. The van der Waals surface area contributed by atoms with Crippen LogP contribution in [0.3, 0.4) is 0 Å². The predicted octanol–water partition coefficient (Wildman–Crippen LogP) is 5.39. The summed E-state index contributed by atoms with van der Waals surface area (Å²) in [6.45, 7) is 0.596. The Hall–Kier alpha value is -4.81. The Labute approximate surface area is 249 Å². The number of aromatic nitrogens is 2. The zero-order valence-corrected chi connectivity index (χ0v) is 23.5. The van der Waals surface area contributed by atoms with Gasteiger partial charge >= 0.3 is 5.97 Å². The molecule has 2 atom stereocenters. The number of halogens is 3. The van der Waals surface area contributed by atoms with Crippen molar-refractivity contribution in [3.8, 4) is 22.6 Å². The van der Waals surface area contributed by atoms with Crippen molar-refractivity contribution in [1.82, 2.24) is 14.5 Å². The number of aliphatic carboxylic acids is 1. The number of piperidine rings is 1. The first-order chi connectivity index (χ1) is 20.5. The molecule has 1 amide bonds. The van der Waals surface area contributed by atoms with E-state index in [0.717, 1.165) is 6.07 Å². The molecule has 2 aromatic carbocycles. The second kappa shape index (κ2) is 12.2. The highest BCUT2D eigenvalue weighted by atomic mass is 35.5. The average Bonchev–Trinajstić information content (AvgIpc) is 2.97. The lowest BCUT2D eigenvalue weighted by molar-refractivity contribution is -0.147. The Bertz CT molecular complexity index is 1770. The van der Waals surface area contributed by atoms with Crippen molar-refractivity contribution in [3.05, 3.63) is 99.6 Å². The van der Waals surface area contributed by atoms with E-state index < -0.39 is 41.0 Å². The molecule has 0 aliphatic carbocycles. The van der Waals surface area contributed by atoms with Crippen molar-refractivity contribution in [2.45, 2.75) is 19.0 Å². The van der Waals surface area contributed by atoms with Gasteiger partial charge in [-0.05, 0) is 56.3 Å². The standard InChI is InChI=1S/C30H26ClF2N5O5/c1-37-12-2-3-19(30(41)42)29(37)38-14-20(16-4-6-17(32)7-5-16)26(39)21(15-38)28(40)36-18-8-9-23(22(33)13-18)43-24-10-11-35-27(34)25(24)31/h4-11,13-15,19,29H,2-3,12H2,1H3,(H2,34,35)(H,36,40)(H,41,42). The molecule has 1 saturated heterocycles. The molecule has 4 N–H and O–H groups in total. The van der Waals surface area contributed by atoms with Crippen molar-refractivity contribution >= 4 is 35.0 Å². The van der Waals surface area contributed by atoms with E-state index in [1.807, 2.05) is 4.90 Å². The third-order valence-corrected chi connectivity index (χ3v) is 7.58. The maximum atomic E-state index is 15.0. The number of carbonyl (C=O) groups is 2. The Kier molecular flexibility index (Phi) is 8.42. The van der Waals surface area contributed by atoms with Crippen LogP contribution >= 0.6 is 11.6 Å². The van der Waals surface area contributed by atoms with Crippen molar-refractivity contribution in [3.63, 3.8) is 0 Å². The van der Waals surface area contributed by atoms with Crippen LogP contribution in [0.2, 0.25) is 5.02 Å². The van der Waals surface area contributed by atoms with E-state index in [1.54, 1.807) is 7.05 Å². The zero-order chi connectivity index (χ0) is 30.8. The lowest BCUT2D eigenvalue weighted by atomic mass is 9.93. The molecule has 1 fully saturated rings. The summed E-state index contributed by atoms with van der Waals surface area (Å²) in [6.07, 6.45) is 4.46. The maximum absolute atomic E-state index is 15.0. The van der Waals surface area contributed by atoms with Gasteiger partial charge in [-0.2, -0.15) is 0 Å². The van der Waals surface area contributed by atoms with Gasteiger partial charge in [0.1, 0.15) is 22.2 Å². The quantitative estimate of drug-likeness (QED) is 0.253. The summed E-state index contributed by atoms with van der Waals surface area (Å²) in [5.41, 5.74) is 5.10. The highest BCUT2D eigenvalue weighted by Gasteiger charge is 2.36. The molecule has 2 unspecified atom stereocenters. The fraction of sp³-hybridized carbons (Fsp3) is 0.200. The number of nitrogens with zero attached hydrogens (tertiary/aromatic N) is 3. The molecule has 0 radical (unpaired) electrons. The van der Waals surface area contributed by atoms with Crippen molar-refractivity contribution in [2.75, 3.05) is 24.6 Å². The minimum Gasteiger partial charge on any atom is -0.481 e. The summed E-state index contributed by atoms with van der Waals surface area (Å²) in [5, 5.41) is 12.4. The number of benzene rings is 2. The predicted molar refractivity (Wildman–Crippen MR) is 156 cm³/mol. The van der Waals surface area contributed by atoms with Crippen LogP contribution in [0.15, 0.2) is 71.9 Å². The third-order valence-electron chi connectivity index (χ3n) is 7.20. The molecule has 0 bridgehead atoms. The van der Waals surface area contributed by atoms with E-state index in [4.69, 9.17) is 22.1 Å². The molecule has 2 aromatic heterocycles. The van der Waals surface area contributed by atoms with Gasteiger partial charge < -0.3 is 25.5 Å². The molecule has 1 aliphatic rings. The smallest absolute Gasteiger partial charge is 0.310 e. The first kappa shape index (κ1) is 29.7. The fourth-order valence-corrected chi connectivity index (χ4v) is 5.23. The fourth-order valence-electron chi connectivity index (χ4n) is 5.08. The second-order valence-electron chi connectivity index (χ2n) is 10.1. The first-order valence-electron chi connectivity index (χ1n) is 13.2. The molecule has 0 saturated carbocycles. The third kappa shape index (κ3) is 6.20. The van der Waals surface area contributed by atoms with Gasteiger partial charge in [-0.1, -0.05) is 23.7 Å². The van der Waals surface area contributed by atoms with Crippen LogP contribution in [0.5, 0.6) is 11.5 Å². The van der Waals surface area contributed by atoms with Gasteiger partial charge in [0.15, 0.2) is 17.3 Å². The molecule has 10 nitrogen and oxygen atoms in total. The number of nitrogens with two attached hydrogens (primary N) is 1. The van der Waals surface area contributed by atoms with E-state index in [2.05, 4.69) is 10.3 Å². The number of anilines is 2. The summed E-state index contributed by atoms with van der Waals surface area (Å²) in [4.78, 5) is 44.8. The molecule has 13 heteroatoms. The van der Waals surface area contributed by atoms with Gasteiger partial charge in [-0.15, -0.1) is 0 Å². The van der Waals surface area contributed by atoms with Crippen LogP contribution < -0.4 is 21.2 Å². The number of ether oxygens (including phenoxy) is 1. The molecule has 0 spiro atoms. The normalized spacial score (nSPS) is 16.9. The number of nitrogen functional groups attached to an aromatic ring is 1. The Morgan fingerprint density at radius 2 is 1.86 bits per heavy atom. The zero-order valence-electron chi connectivity index (χ0n) is 22.8. The van der Waals surface area contributed by atoms with Crippen LogP contribution in [-0.4, -0.2) is 45.0 Å². The second-order valence-corrected chi connectivity index (χ2v) is 10.4. The van der Waals surface area contributed by atoms with Crippen LogP contribution in [-0.2, 0) is 4.79 Å². The van der Waals surface area contributed by atoms with Gasteiger partial charge in [0.25, 0.3) is 5.91 Å². The van der Waals surface area contributed by atoms with Gasteiger partial charge in [-0.3, -0.25) is 19.3 Å². The minimum atomic E-state index is -1.02. The number of nitrogens with one attached hydrogen (secondary N) is 1. The number of carbonyl (C=O) groups excluding carboxylic acids is 1. The topological polar surface area (TPSA) is 140 Å². The Balaban J connectivity index is 1.51. The van der Waals surface area contributed by atoms with E-state index in [1.165, 1.54) is 65.6 Å². The largest absolute Gasteiger partial charge is 0.481 e. The highest BCUT2D eigenvalue weighted by Crippen LogP contribution is 2.35. The van der Waals surface area contributed by atoms with Gasteiger partial charge in [0.05, 0.1) is 12.1 Å². The Morgan fingerprint density at radius 3 is 2.56 bits per heavy atom. The van der Waals surface area contributed by atoms with E-state index in [9.17, 15) is 28.3 Å². The molecular formula is C30H26ClF2N5O5. The Morgan fingerprint density at radius 1 is 1.12 bits per heavy atom. The molecular weight excluding hydrogens is 584 g/mol. The number of hydrogen-bond acceptors (Lipinski definition) is 7. The van der Waals surface area contributed by atoms with Gasteiger partial charge in [0, 0.05) is 42.0 Å². The molecule has 5 rings (SSSR count). The first-order valence-corrected chi connectivity index (χ1v) is 13.5. The molecule has 3 heterocycles. The SMILES string of the molecule is CN1CCCC(C(=O)O)C1n1cc(C(=O)Nc2ccc(Oc3ccnc(N)c3Cl)c(F)c2)c(=O)c(-c2ccc(F)cc2)c1. The summed E-state index contributed by atoms with van der Waals surface area (Å²) in [5.74, 6) is -4.16. The number of rotatable bonds is 7. The lowest BCUT2D eigenvalue weighted by Crippen LogP contribution is -2.43. The number of amides is 1. The lowest BCUT2D eigenvalue weighted by Gasteiger charge is -2.38. The number of pyridine rings is 2. The minimum absolute atomic E-state index is 0.00495. The van der Waals surface area contributed by atoms with E-state index >= 15 is 0 Å². The number of carboxylic acid groups (broad SMARTS) is 1. The molecule has 43 heavy (non-hydrogen) atoms. The number of hydrogen-bond donors (Lipinski definition) is 3. The molecule has 1 aliphatic heterocycles. The van der Waals surface area contributed by atoms with E-state index in [-0.39, 0.29) is 39.2 Å². The molecule has 222 valence electrons. The summed E-state index contributed by atoms with van der Waals surface area (Å²) in [6, 6.07) is 10.2. The van der Waals surface area contributed by atoms with Gasteiger partial charge in [0.2, 0.25) is 5.43 Å². The molecule has 4 aromatic rings. The van der Waals surface area contributed by atoms with Crippen LogP contribution in [0.25, 0.3) is 11.1 Å². The van der Waals surface area contributed by atoms with Crippen molar-refractivity contribution in [2.24, 2.45) is 5.92 Å². The summed E-state index contributed by atoms with van der Waals surface area (Å²) in [7, 11) is 1.76. The van der Waals surface area contributed by atoms with Gasteiger partial charge in [-0.25, -0.2) is 13.8 Å². The van der Waals surface area contributed by atoms with E-state index in [0.29, 0.717) is 24.9 Å². The average molecular weight is 610 g/mol. The van der Waals surface area contributed by atoms with Crippen LogP contribution in [0, 0.1) is 17.6 Å². The highest BCUT2D eigenvalue weighted by molar-refractivity contribution is 6.34. The van der Waals surface area contributed by atoms with Crippen molar-refractivity contribution in [1.29, 1.82) is 0 Å². The number of carboxylic acids is 1. The van der Waals surface area contributed by atoms with Crippen LogP contribution in [0.1, 0.15) is 29.4 Å². The summed E-state index contributed by atoms with van der Waals surface area (Å²) < 4.78 is 35.7. The summed E-state index contributed by atoms with van der Waals surface area (Å²) >= 11 is 6.07. The van der Waals surface area contributed by atoms with Crippen molar-refractivity contribution < 1.29 is 28.2 Å². The van der Waals surface area contributed by atoms with Crippen LogP contribution in [0.4, 0.5) is 20.3 Å².